The Morgan fingerprint density at radius 1 is 1.36 bits per heavy atom. The van der Waals surface area contributed by atoms with Crippen LogP contribution in [-0.4, -0.2) is 38.3 Å². The van der Waals surface area contributed by atoms with Gasteiger partial charge in [0.15, 0.2) is 0 Å². The lowest BCUT2D eigenvalue weighted by Gasteiger charge is -2.18. The van der Waals surface area contributed by atoms with E-state index in [0.29, 0.717) is 0 Å². The molecule has 0 N–H and O–H groups in total. The second kappa shape index (κ2) is 6.62. The van der Waals surface area contributed by atoms with E-state index < -0.39 is 0 Å². The first-order valence-electron chi connectivity index (χ1n) is 4.43. The number of rotatable bonds is 6. The van der Waals surface area contributed by atoms with Gasteiger partial charge in [0, 0.05) is 19.7 Å². The van der Waals surface area contributed by atoms with Crippen molar-refractivity contribution in [2.24, 2.45) is 5.92 Å². The first kappa shape index (κ1) is 10.9. The summed E-state index contributed by atoms with van der Waals surface area (Å²) in [5.74, 6) is 0.752. The molecule has 0 rings (SSSR count). The Morgan fingerprint density at radius 2 is 2.00 bits per heavy atom. The molecule has 0 atom stereocenters. The molecule has 0 saturated heterocycles. The maximum Gasteiger partial charge on any atom is 0.0593 e. The van der Waals surface area contributed by atoms with Crippen LogP contribution in [0.2, 0.25) is 0 Å². The van der Waals surface area contributed by atoms with Crippen LogP contribution < -0.4 is 0 Å². The fourth-order valence-corrected chi connectivity index (χ4v) is 1.08. The maximum absolute atomic E-state index is 5.24. The molecule has 0 heterocycles. The minimum atomic E-state index is 0.752. The van der Waals surface area contributed by atoms with Gasteiger partial charge in [0.1, 0.15) is 0 Å². The Balaban J connectivity index is 3.15. The highest BCUT2D eigenvalue weighted by Crippen LogP contribution is 1.94. The van der Waals surface area contributed by atoms with Crippen LogP contribution in [0.25, 0.3) is 0 Å². The van der Waals surface area contributed by atoms with Crippen LogP contribution >= 0.6 is 0 Å². The van der Waals surface area contributed by atoms with Gasteiger partial charge in [-0.3, -0.25) is 0 Å². The summed E-state index contributed by atoms with van der Waals surface area (Å²) in [6.07, 6.45) is 0. The Hall–Kier alpha value is -0.0800. The van der Waals surface area contributed by atoms with Crippen molar-refractivity contribution in [3.8, 4) is 0 Å². The van der Waals surface area contributed by atoms with Crippen LogP contribution in [0, 0.1) is 5.92 Å². The van der Waals surface area contributed by atoms with Crippen molar-refractivity contribution >= 4 is 0 Å². The van der Waals surface area contributed by atoms with Crippen LogP contribution in [0.4, 0.5) is 0 Å². The molecule has 0 unspecified atom stereocenters. The quantitative estimate of drug-likeness (QED) is 0.546. The summed E-state index contributed by atoms with van der Waals surface area (Å²) in [4.78, 5) is 2.31. The molecule has 0 aromatic heterocycles. The highest BCUT2D eigenvalue weighted by atomic mass is 16.5. The van der Waals surface area contributed by atoms with Crippen molar-refractivity contribution in [1.29, 1.82) is 0 Å². The second-order valence-electron chi connectivity index (χ2n) is 3.35. The van der Waals surface area contributed by atoms with Gasteiger partial charge >= 0.3 is 0 Å². The molecule has 0 aliphatic carbocycles. The molecular weight excluding hydrogens is 138 g/mol. The van der Waals surface area contributed by atoms with Crippen molar-refractivity contribution in [2.75, 3.05) is 33.4 Å². The number of hydrogen-bond acceptors (Lipinski definition) is 2. The van der Waals surface area contributed by atoms with E-state index in [-0.39, 0.29) is 0 Å². The van der Waals surface area contributed by atoms with Crippen molar-refractivity contribution in [2.45, 2.75) is 20.8 Å². The predicted molar refractivity (Wildman–Crippen MR) is 48.8 cm³/mol. The van der Waals surface area contributed by atoms with E-state index in [4.69, 9.17) is 4.74 Å². The Labute approximate surface area is 70.5 Å². The highest BCUT2D eigenvalue weighted by Gasteiger charge is 1.99. The summed E-state index contributed by atoms with van der Waals surface area (Å²) >= 11 is 0. The average molecular weight is 159 g/mol. The van der Waals surface area contributed by atoms with Crippen LogP contribution in [-0.2, 0) is 4.74 Å². The molecule has 11 heavy (non-hydrogen) atoms. The zero-order chi connectivity index (χ0) is 8.69. The van der Waals surface area contributed by atoms with Crippen molar-refractivity contribution in [3.63, 3.8) is 0 Å². The molecular formula is C9H21NO. The Morgan fingerprint density at radius 3 is 2.45 bits per heavy atom. The van der Waals surface area contributed by atoms with Gasteiger partial charge in [-0.1, -0.05) is 13.8 Å². The van der Waals surface area contributed by atoms with Crippen LogP contribution in [0.3, 0.4) is 0 Å². The molecule has 0 bridgehead atoms. The minimum absolute atomic E-state index is 0.752. The molecule has 0 radical (unpaired) electrons. The SMILES string of the molecule is CCOCCN(C)CC(C)C. The van der Waals surface area contributed by atoms with Gasteiger partial charge in [-0.05, 0) is 19.9 Å². The van der Waals surface area contributed by atoms with E-state index in [2.05, 4.69) is 25.8 Å². The van der Waals surface area contributed by atoms with Crippen molar-refractivity contribution in [3.05, 3.63) is 0 Å². The molecule has 0 fully saturated rings. The van der Waals surface area contributed by atoms with E-state index in [0.717, 1.165) is 32.2 Å². The van der Waals surface area contributed by atoms with E-state index in [9.17, 15) is 0 Å². The number of hydrogen-bond donors (Lipinski definition) is 0. The molecule has 2 heteroatoms. The van der Waals surface area contributed by atoms with E-state index in [1.807, 2.05) is 6.92 Å². The van der Waals surface area contributed by atoms with Gasteiger partial charge < -0.3 is 9.64 Å². The summed E-state index contributed by atoms with van der Waals surface area (Å²) < 4.78 is 5.24. The maximum atomic E-state index is 5.24. The van der Waals surface area contributed by atoms with Crippen molar-refractivity contribution < 1.29 is 4.74 Å². The summed E-state index contributed by atoms with van der Waals surface area (Å²) in [6, 6.07) is 0. The lowest BCUT2D eigenvalue weighted by atomic mass is 10.2. The molecule has 0 aromatic carbocycles. The third-order valence-corrected chi connectivity index (χ3v) is 1.50. The molecule has 0 aliphatic rings. The molecule has 68 valence electrons. The van der Waals surface area contributed by atoms with Gasteiger partial charge in [0.05, 0.1) is 6.61 Å². The average Bonchev–Trinajstić information content (AvgIpc) is 1.86. The lowest BCUT2D eigenvalue weighted by molar-refractivity contribution is 0.118. The first-order chi connectivity index (χ1) is 5.16. The van der Waals surface area contributed by atoms with Gasteiger partial charge in [-0.2, -0.15) is 0 Å². The van der Waals surface area contributed by atoms with Gasteiger partial charge in [-0.25, -0.2) is 0 Å². The van der Waals surface area contributed by atoms with Crippen molar-refractivity contribution in [1.82, 2.24) is 4.90 Å². The molecule has 0 amide bonds. The lowest BCUT2D eigenvalue weighted by Crippen LogP contribution is -2.27. The zero-order valence-corrected chi connectivity index (χ0v) is 8.26. The summed E-state index contributed by atoms with van der Waals surface area (Å²) in [5, 5.41) is 0. The summed E-state index contributed by atoms with van der Waals surface area (Å²) in [5.41, 5.74) is 0. The van der Waals surface area contributed by atoms with E-state index in [1.54, 1.807) is 0 Å². The highest BCUT2D eigenvalue weighted by molar-refractivity contribution is 4.53. The standard InChI is InChI=1S/C9H21NO/c1-5-11-7-6-10(4)8-9(2)3/h9H,5-8H2,1-4H3. The topological polar surface area (TPSA) is 12.5 Å². The third-order valence-electron chi connectivity index (χ3n) is 1.50. The van der Waals surface area contributed by atoms with Crippen LogP contribution in [0.15, 0.2) is 0 Å². The molecule has 0 aliphatic heterocycles. The molecule has 0 spiro atoms. The third kappa shape index (κ3) is 7.82. The normalized spacial score (nSPS) is 11.5. The van der Waals surface area contributed by atoms with Gasteiger partial charge in [-0.15, -0.1) is 0 Å². The fourth-order valence-electron chi connectivity index (χ4n) is 1.08. The predicted octanol–water partition coefficient (Wildman–Crippen LogP) is 1.61. The van der Waals surface area contributed by atoms with Crippen LogP contribution in [0.1, 0.15) is 20.8 Å². The van der Waals surface area contributed by atoms with Crippen LogP contribution in [0.5, 0.6) is 0 Å². The monoisotopic (exact) mass is 159 g/mol. The van der Waals surface area contributed by atoms with Gasteiger partial charge in [0.25, 0.3) is 0 Å². The minimum Gasteiger partial charge on any atom is -0.380 e. The number of nitrogens with zero attached hydrogens (tertiary/aromatic N) is 1. The largest absolute Gasteiger partial charge is 0.380 e. The number of likely N-dealkylation sites (N-methyl/N-ethyl adjacent to an activating group) is 1. The smallest absolute Gasteiger partial charge is 0.0593 e. The van der Waals surface area contributed by atoms with E-state index in [1.165, 1.54) is 0 Å². The summed E-state index contributed by atoms with van der Waals surface area (Å²) in [6.45, 7) is 10.4. The molecule has 0 saturated carbocycles. The van der Waals surface area contributed by atoms with Gasteiger partial charge in [0.2, 0.25) is 0 Å². The Bertz CT molecular complexity index is 83.6. The number of ether oxygens (including phenoxy) is 1. The molecule has 0 aromatic rings. The fraction of sp³-hybridized carbons (Fsp3) is 1.00. The Kier molecular flexibility index (Phi) is 6.57. The molecule has 2 nitrogen and oxygen atoms in total. The first-order valence-corrected chi connectivity index (χ1v) is 4.43. The second-order valence-corrected chi connectivity index (χ2v) is 3.35. The van der Waals surface area contributed by atoms with E-state index >= 15 is 0 Å². The zero-order valence-electron chi connectivity index (χ0n) is 8.26. The summed E-state index contributed by atoms with van der Waals surface area (Å²) in [7, 11) is 2.14.